The third-order valence-electron chi connectivity index (χ3n) is 5.04. The van der Waals surface area contributed by atoms with Crippen LogP contribution in [0.1, 0.15) is 42.5 Å². The van der Waals surface area contributed by atoms with Gasteiger partial charge in [0.25, 0.3) is 11.6 Å². The largest absolute Gasteiger partial charge is 0.453 e. The molecule has 1 saturated heterocycles. The Morgan fingerprint density at radius 2 is 2.07 bits per heavy atom. The second-order valence-corrected chi connectivity index (χ2v) is 7.05. The summed E-state index contributed by atoms with van der Waals surface area (Å²) >= 11 is 0. The molecular formula is C17H23F3N6O. The maximum absolute atomic E-state index is 12.8. The van der Waals surface area contributed by atoms with Gasteiger partial charge in [-0.25, -0.2) is 9.50 Å². The van der Waals surface area contributed by atoms with Crippen LogP contribution in [0.2, 0.25) is 0 Å². The number of aromatic nitrogens is 4. The number of hydrogen-bond acceptors (Lipinski definition) is 5. The van der Waals surface area contributed by atoms with Gasteiger partial charge in [-0.1, -0.05) is 6.92 Å². The molecule has 148 valence electrons. The van der Waals surface area contributed by atoms with Crippen LogP contribution in [-0.2, 0) is 17.4 Å². The zero-order valence-corrected chi connectivity index (χ0v) is 15.5. The van der Waals surface area contributed by atoms with E-state index in [1.807, 2.05) is 0 Å². The second kappa shape index (κ2) is 7.41. The van der Waals surface area contributed by atoms with E-state index in [1.54, 1.807) is 13.8 Å². The van der Waals surface area contributed by atoms with Gasteiger partial charge < -0.3 is 10.6 Å². The fourth-order valence-corrected chi connectivity index (χ4v) is 3.44. The smallest absolute Gasteiger partial charge is 0.353 e. The number of carbonyl (C=O) groups excluding carboxylic acids is 1. The molecule has 10 heteroatoms. The van der Waals surface area contributed by atoms with Crippen LogP contribution in [0.3, 0.4) is 0 Å². The summed E-state index contributed by atoms with van der Waals surface area (Å²) in [6, 6.07) is 0.145. The van der Waals surface area contributed by atoms with Gasteiger partial charge in [-0.3, -0.25) is 4.79 Å². The topological polar surface area (TPSA) is 84.2 Å². The van der Waals surface area contributed by atoms with E-state index in [0.29, 0.717) is 23.7 Å². The molecule has 3 heterocycles. The average molecular weight is 384 g/mol. The quantitative estimate of drug-likeness (QED) is 0.840. The molecule has 0 spiro atoms. The zero-order valence-electron chi connectivity index (χ0n) is 15.5. The first-order valence-electron chi connectivity index (χ1n) is 8.97. The zero-order chi connectivity index (χ0) is 19.8. The first-order valence-corrected chi connectivity index (χ1v) is 8.97. The van der Waals surface area contributed by atoms with Gasteiger partial charge in [0.1, 0.15) is 0 Å². The standard InChI is InChI=1S/C17H23F3N6O/c1-9-8-21-7-6-13(9)23-14(27)5-4-12-10(2)22-16-24-15(17(18,19)20)25-26(16)11(12)3/h9,13,21H,4-8H2,1-3H3,(H,23,27). The van der Waals surface area contributed by atoms with Crippen molar-refractivity contribution >= 4 is 11.7 Å². The first kappa shape index (κ1) is 19.5. The van der Waals surface area contributed by atoms with Crippen molar-refractivity contribution in [3.8, 4) is 0 Å². The maximum Gasteiger partial charge on any atom is 0.453 e. The molecule has 1 fully saturated rings. The SMILES string of the molecule is Cc1nc2nc(C(F)(F)F)nn2c(C)c1CCC(=O)NC1CCNCC1C. The van der Waals surface area contributed by atoms with Crippen molar-refractivity contribution in [2.45, 2.75) is 52.3 Å². The van der Waals surface area contributed by atoms with Gasteiger partial charge >= 0.3 is 6.18 Å². The molecule has 3 rings (SSSR count). The third kappa shape index (κ3) is 4.20. The second-order valence-electron chi connectivity index (χ2n) is 7.05. The summed E-state index contributed by atoms with van der Waals surface area (Å²) in [7, 11) is 0. The fourth-order valence-electron chi connectivity index (χ4n) is 3.44. The Balaban J connectivity index is 1.73. The number of amides is 1. The highest BCUT2D eigenvalue weighted by Gasteiger charge is 2.37. The lowest BCUT2D eigenvalue weighted by Crippen LogP contribution is -2.48. The number of fused-ring (bicyclic) bond motifs is 1. The molecule has 2 aromatic heterocycles. The van der Waals surface area contributed by atoms with Gasteiger partial charge in [-0.05, 0) is 51.3 Å². The first-order chi connectivity index (χ1) is 12.7. The number of nitrogens with zero attached hydrogens (tertiary/aromatic N) is 4. The number of piperidine rings is 1. The Labute approximate surface area is 154 Å². The molecule has 0 saturated carbocycles. The number of nitrogens with one attached hydrogen (secondary N) is 2. The van der Waals surface area contributed by atoms with Gasteiger partial charge in [-0.15, -0.1) is 5.10 Å². The minimum absolute atomic E-state index is 0.0674. The van der Waals surface area contributed by atoms with Gasteiger partial charge in [0.2, 0.25) is 5.91 Å². The lowest BCUT2D eigenvalue weighted by molar-refractivity contribution is -0.144. The van der Waals surface area contributed by atoms with E-state index in [2.05, 4.69) is 32.6 Å². The minimum atomic E-state index is -4.63. The summed E-state index contributed by atoms with van der Waals surface area (Å²) in [6.07, 6.45) is -3.11. The maximum atomic E-state index is 12.8. The molecule has 1 aliphatic heterocycles. The van der Waals surface area contributed by atoms with Crippen molar-refractivity contribution in [3.63, 3.8) is 0 Å². The van der Waals surface area contributed by atoms with Crippen LogP contribution < -0.4 is 10.6 Å². The van der Waals surface area contributed by atoms with E-state index in [0.717, 1.165) is 29.6 Å². The van der Waals surface area contributed by atoms with E-state index in [1.165, 1.54) is 0 Å². The average Bonchev–Trinajstić information content (AvgIpc) is 3.01. The van der Waals surface area contributed by atoms with Gasteiger partial charge in [0.15, 0.2) is 0 Å². The van der Waals surface area contributed by atoms with Crippen LogP contribution in [-0.4, -0.2) is 44.6 Å². The van der Waals surface area contributed by atoms with Crippen molar-refractivity contribution in [1.82, 2.24) is 30.2 Å². The summed E-state index contributed by atoms with van der Waals surface area (Å²) < 4.78 is 39.6. The molecule has 1 aliphatic rings. The molecule has 2 unspecified atom stereocenters. The highest BCUT2D eigenvalue weighted by atomic mass is 19.4. The highest BCUT2D eigenvalue weighted by molar-refractivity contribution is 5.76. The number of rotatable bonds is 4. The number of alkyl halides is 3. The predicted octanol–water partition coefficient (Wildman–Crippen LogP) is 1.81. The number of aryl methyl sites for hydroxylation is 2. The number of halogens is 3. The third-order valence-corrected chi connectivity index (χ3v) is 5.04. The summed E-state index contributed by atoms with van der Waals surface area (Å²) in [6.45, 7) is 7.21. The van der Waals surface area contributed by atoms with Crippen LogP contribution in [0.4, 0.5) is 13.2 Å². The molecular weight excluding hydrogens is 361 g/mol. The van der Waals surface area contributed by atoms with Crippen LogP contribution >= 0.6 is 0 Å². The molecule has 0 aromatic carbocycles. The number of carbonyl (C=O) groups is 1. The predicted molar refractivity (Wildman–Crippen MR) is 92.2 cm³/mol. The molecule has 7 nitrogen and oxygen atoms in total. The normalized spacial score (nSPS) is 20.8. The molecule has 2 N–H and O–H groups in total. The minimum Gasteiger partial charge on any atom is -0.353 e. The van der Waals surface area contributed by atoms with Crippen molar-refractivity contribution in [2.75, 3.05) is 13.1 Å². The molecule has 0 radical (unpaired) electrons. The molecule has 2 aromatic rings. The monoisotopic (exact) mass is 384 g/mol. The van der Waals surface area contributed by atoms with Gasteiger partial charge in [-0.2, -0.15) is 18.2 Å². The summed E-state index contributed by atoms with van der Waals surface area (Å²) in [5.41, 5.74) is 1.79. The fraction of sp³-hybridized carbons (Fsp3) is 0.647. The van der Waals surface area contributed by atoms with E-state index < -0.39 is 12.0 Å². The van der Waals surface area contributed by atoms with Crippen LogP contribution in [0.15, 0.2) is 0 Å². The number of hydrogen-bond donors (Lipinski definition) is 2. The summed E-state index contributed by atoms with van der Waals surface area (Å²) in [5, 5.41) is 9.87. The Bertz CT molecular complexity index is 847. The van der Waals surface area contributed by atoms with E-state index in [-0.39, 0.29) is 24.1 Å². The Kier molecular flexibility index (Phi) is 5.36. The van der Waals surface area contributed by atoms with Gasteiger partial charge in [0, 0.05) is 23.9 Å². The summed E-state index contributed by atoms with van der Waals surface area (Å²) in [5.74, 6) is -1.01. The van der Waals surface area contributed by atoms with E-state index >= 15 is 0 Å². The molecule has 0 aliphatic carbocycles. The van der Waals surface area contributed by atoms with Crippen molar-refractivity contribution < 1.29 is 18.0 Å². The molecule has 1 amide bonds. The van der Waals surface area contributed by atoms with Crippen molar-refractivity contribution in [3.05, 3.63) is 22.8 Å². The Morgan fingerprint density at radius 3 is 2.74 bits per heavy atom. The highest BCUT2D eigenvalue weighted by Crippen LogP contribution is 2.27. The molecule has 0 bridgehead atoms. The molecule has 27 heavy (non-hydrogen) atoms. The Morgan fingerprint density at radius 1 is 1.33 bits per heavy atom. The van der Waals surface area contributed by atoms with Crippen LogP contribution in [0.25, 0.3) is 5.78 Å². The van der Waals surface area contributed by atoms with E-state index in [4.69, 9.17) is 0 Å². The Hall–Kier alpha value is -2.23. The summed E-state index contributed by atoms with van der Waals surface area (Å²) in [4.78, 5) is 19.9. The van der Waals surface area contributed by atoms with Crippen LogP contribution in [0.5, 0.6) is 0 Å². The van der Waals surface area contributed by atoms with Crippen molar-refractivity contribution in [2.24, 2.45) is 5.92 Å². The van der Waals surface area contributed by atoms with E-state index in [9.17, 15) is 18.0 Å². The molecule has 2 atom stereocenters. The lowest BCUT2D eigenvalue weighted by Gasteiger charge is -2.30. The van der Waals surface area contributed by atoms with Gasteiger partial charge in [0.05, 0.1) is 0 Å². The lowest BCUT2D eigenvalue weighted by atomic mass is 9.95. The van der Waals surface area contributed by atoms with Crippen LogP contribution in [0, 0.1) is 19.8 Å². The van der Waals surface area contributed by atoms with Crippen molar-refractivity contribution in [1.29, 1.82) is 0 Å².